The number of aliphatic carboxylic acids is 1. The second-order valence-electron chi connectivity index (χ2n) is 4.94. The van der Waals surface area contributed by atoms with E-state index in [9.17, 15) is 14.7 Å². The molecule has 0 aliphatic heterocycles. The van der Waals surface area contributed by atoms with Crippen LogP contribution < -0.4 is 10.6 Å². The Labute approximate surface area is 116 Å². The first kappa shape index (κ1) is 14.2. The Morgan fingerprint density at radius 1 is 1.20 bits per heavy atom. The third kappa shape index (κ3) is 3.91. The van der Waals surface area contributed by atoms with Crippen molar-refractivity contribution < 1.29 is 14.7 Å². The van der Waals surface area contributed by atoms with Gasteiger partial charge in [-0.25, -0.2) is 19.6 Å². The number of carboxylic acids is 1. The lowest BCUT2D eigenvalue weighted by Gasteiger charge is -2.27. The van der Waals surface area contributed by atoms with Crippen molar-refractivity contribution in [2.24, 2.45) is 5.92 Å². The normalized spacial score (nSPS) is 17.2. The van der Waals surface area contributed by atoms with Crippen LogP contribution in [-0.2, 0) is 4.79 Å². The first-order valence-electron chi connectivity index (χ1n) is 6.72. The maximum absolute atomic E-state index is 11.8. The highest BCUT2D eigenvalue weighted by atomic mass is 16.4. The molecule has 2 rings (SSSR count). The fourth-order valence-corrected chi connectivity index (χ4v) is 2.52. The summed E-state index contributed by atoms with van der Waals surface area (Å²) in [6.45, 7) is 0. The molecular weight excluding hydrogens is 260 g/mol. The summed E-state index contributed by atoms with van der Waals surface area (Å²) in [5.41, 5.74) is 0.429. The molecule has 1 aromatic heterocycles. The van der Waals surface area contributed by atoms with Gasteiger partial charge in [0.1, 0.15) is 12.4 Å². The van der Waals surface area contributed by atoms with Crippen molar-refractivity contribution >= 4 is 17.7 Å². The van der Waals surface area contributed by atoms with Gasteiger partial charge < -0.3 is 15.7 Å². The largest absolute Gasteiger partial charge is 0.480 e. The molecule has 1 fully saturated rings. The highest BCUT2D eigenvalue weighted by Gasteiger charge is 2.30. The Morgan fingerprint density at radius 2 is 1.85 bits per heavy atom. The second kappa shape index (κ2) is 6.83. The van der Waals surface area contributed by atoms with Gasteiger partial charge in [-0.3, -0.25) is 0 Å². The summed E-state index contributed by atoms with van der Waals surface area (Å²) in [7, 11) is 0. The predicted octanol–water partition coefficient (Wildman–Crippen LogP) is 1.63. The molecule has 1 unspecified atom stereocenters. The van der Waals surface area contributed by atoms with E-state index >= 15 is 0 Å². The number of amides is 2. The number of hydrogen-bond acceptors (Lipinski definition) is 4. The lowest BCUT2D eigenvalue weighted by molar-refractivity contribution is -0.141. The molecule has 1 aliphatic rings. The van der Waals surface area contributed by atoms with Crippen molar-refractivity contribution in [1.82, 2.24) is 15.3 Å². The number of nitrogens with zero attached hydrogens (tertiary/aromatic N) is 2. The van der Waals surface area contributed by atoms with Crippen LogP contribution in [0, 0.1) is 5.92 Å². The van der Waals surface area contributed by atoms with Gasteiger partial charge in [0.2, 0.25) is 0 Å². The van der Waals surface area contributed by atoms with E-state index < -0.39 is 18.0 Å². The van der Waals surface area contributed by atoms with E-state index in [0.29, 0.717) is 5.69 Å². The van der Waals surface area contributed by atoms with Crippen molar-refractivity contribution in [3.63, 3.8) is 0 Å². The van der Waals surface area contributed by atoms with Crippen molar-refractivity contribution in [1.29, 1.82) is 0 Å². The smallest absolute Gasteiger partial charge is 0.326 e. The zero-order valence-corrected chi connectivity index (χ0v) is 11.1. The first-order chi connectivity index (χ1) is 9.66. The monoisotopic (exact) mass is 278 g/mol. The first-order valence-corrected chi connectivity index (χ1v) is 6.72. The molecule has 1 heterocycles. The van der Waals surface area contributed by atoms with Crippen molar-refractivity contribution in [2.75, 3.05) is 5.32 Å². The standard InChI is InChI=1S/C13H18N4O3/c18-12(19)11(9-4-2-1-3-5-9)17-13(20)16-10-6-14-8-15-7-10/h6-9,11H,1-5H2,(H,18,19)(H2,16,17,20). The van der Waals surface area contributed by atoms with Gasteiger partial charge in [0.25, 0.3) is 0 Å². The maximum Gasteiger partial charge on any atom is 0.326 e. The molecule has 1 aliphatic carbocycles. The summed E-state index contributed by atoms with van der Waals surface area (Å²) >= 11 is 0. The van der Waals surface area contributed by atoms with E-state index in [-0.39, 0.29) is 5.92 Å². The average molecular weight is 278 g/mol. The fourth-order valence-electron chi connectivity index (χ4n) is 2.52. The number of carbonyl (C=O) groups is 2. The average Bonchev–Trinajstić information content (AvgIpc) is 2.46. The van der Waals surface area contributed by atoms with E-state index in [1.54, 1.807) is 0 Å². The van der Waals surface area contributed by atoms with Gasteiger partial charge in [0, 0.05) is 0 Å². The molecule has 7 heteroatoms. The molecule has 2 amide bonds. The molecule has 0 spiro atoms. The zero-order chi connectivity index (χ0) is 14.4. The Morgan fingerprint density at radius 3 is 2.45 bits per heavy atom. The van der Waals surface area contributed by atoms with Crippen LogP contribution >= 0.6 is 0 Å². The second-order valence-corrected chi connectivity index (χ2v) is 4.94. The lowest BCUT2D eigenvalue weighted by Crippen LogP contribution is -2.48. The van der Waals surface area contributed by atoms with Crippen LogP contribution in [0.1, 0.15) is 32.1 Å². The summed E-state index contributed by atoms with van der Waals surface area (Å²) in [4.78, 5) is 30.7. The molecular formula is C13H18N4O3. The fraction of sp³-hybridized carbons (Fsp3) is 0.538. The Kier molecular flexibility index (Phi) is 4.86. The number of nitrogens with one attached hydrogen (secondary N) is 2. The van der Waals surface area contributed by atoms with Crippen molar-refractivity contribution in [3.8, 4) is 0 Å². The van der Waals surface area contributed by atoms with Gasteiger partial charge in [-0.2, -0.15) is 0 Å². The lowest BCUT2D eigenvalue weighted by atomic mass is 9.84. The Hall–Kier alpha value is -2.18. The van der Waals surface area contributed by atoms with Crippen LogP contribution in [0.15, 0.2) is 18.7 Å². The molecule has 0 aromatic carbocycles. The molecule has 3 N–H and O–H groups in total. The van der Waals surface area contributed by atoms with Gasteiger partial charge in [-0.05, 0) is 18.8 Å². The van der Waals surface area contributed by atoms with Gasteiger partial charge in [-0.15, -0.1) is 0 Å². The maximum atomic E-state index is 11.8. The number of carbonyl (C=O) groups excluding carboxylic acids is 1. The van der Waals surface area contributed by atoms with Crippen LogP contribution in [0.5, 0.6) is 0 Å². The minimum Gasteiger partial charge on any atom is -0.480 e. The van der Waals surface area contributed by atoms with Crippen LogP contribution in [0.4, 0.5) is 10.5 Å². The van der Waals surface area contributed by atoms with E-state index in [1.807, 2.05) is 0 Å². The van der Waals surface area contributed by atoms with E-state index in [4.69, 9.17) is 0 Å². The third-order valence-electron chi connectivity index (χ3n) is 3.49. The zero-order valence-electron chi connectivity index (χ0n) is 11.1. The van der Waals surface area contributed by atoms with Gasteiger partial charge >= 0.3 is 12.0 Å². The Bertz CT molecular complexity index is 460. The molecule has 0 radical (unpaired) electrons. The molecule has 1 atom stereocenters. The molecule has 0 saturated heterocycles. The number of carboxylic acid groups (broad SMARTS) is 1. The van der Waals surface area contributed by atoms with Crippen molar-refractivity contribution in [3.05, 3.63) is 18.7 Å². The van der Waals surface area contributed by atoms with E-state index in [2.05, 4.69) is 20.6 Å². The number of anilines is 1. The summed E-state index contributed by atoms with van der Waals surface area (Å²) in [5, 5.41) is 14.3. The minimum atomic E-state index is -0.989. The number of hydrogen-bond donors (Lipinski definition) is 3. The Balaban J connectivity index is 1.93. The summed E-state index contributed by atoms with van der Waals surface area (Å²) in [6, 6.07) is -1.39. The predicted molar refractivity (Wildman–Crippen MR) is 72.2 cm³/mol. The van der Waals surface area contributed by atoms with Gasteiger partial charge in [0.15, 0.2) is 0 Å². The highest BCUT2D eigenvalue weighted by Crippen LogP contribution is 2.26. The van der Waals surface area contributed by atoms with Crippen LogP contribution in [0.2, 0.25) is 0 Å². The number of urea groups is 1. The molecule has 20 heavy (non-hydrogen) atoms. The van der Waals surface area contributed by atoms with E-state index in [0.717, 1.165) is 32.1 Å². The third-order valence-corrected chi connectivity index (χ3v) is 3.49. The number of aromatic nitrogens is 2. The van der Waals surface area contributed by atoms with E-state index in [1.165, 1.54) is 18.7 Å². The van der Waals surface area contributed by atoms with Gasteiger partial charge in [0.05, 0.1) is 18.1 Å². The molecule has 1 saturated carbocycles. The summed E-state index contributed by atoms with van der Waals surface area (Å²) in [5.74, 6) is -0.990. The number of rotatable bonds is 4. The SMILES string of the molecule is O=C(Nc1cncnc1)NC(C(=O)O)C1CCCCC1. The highest BCUT2D eigenvalue weighted by molar-refractivity contribution is 5.92. The van der Waals surface area contributed by atoms with Crippen LogP contribution in [0.3, 0.4) is 0 Å². The minimum absolute atomic E-state index is 0.000904. The topological polar surface area (TPSA) is 104 Å². The molecule has 7 nitrogen and oxygen atoms in total. The van der Waals surface area contributed by atoms with Crippen LogP contribution in [-0.4, -0.2) is 33.1 Å². The van der Waals surface area contributed by atoms with Crippen LogP contribution in [0.25, 0.3) is 0 Å². The molecule has 1 aromatic rings. The molecule has 0 bridgehead atoms. The van der Waals surface area contributed by atoms with Crippen molar-refractivity contribution in [2.45, 2.75) is 38.1 Å². The quantitative estimate of drug-likeness (QED) is 0.776. The van der Waals surface area contributed by atoms with Gasteiger partial charge in [-0.1, -0.05) is 19.3 Å². The molecule has 108 valence electrons. The summed E-state index contributed by atoms with van der Waals surface area (Å²) < 4.78 is 0. The summed E-state index contributed by atoms with van der Waals surface area (Å²) in [6.07, 6.45) is 9.10.